The summed E-state index contributed by atoms with van der Waals surface area (Å²) in [5.41, 5.74) is -0.580. The van der Waals surface area contributed by atoms with Gasteiger partial charge in [0.1, 0.15) is 0 Å². The van der Waals surface area contributed by atoms with Crippen LogP contribution in [0.4, 0.5) is 0 Å². The molecule has 18 heavy (non-hydrogen) atoms. The van der Waals surface area contributed by atoms with Gasteiger partial charge in [-0.1, -0.05) is 6.42 Å². The molecule has 0 aromatic rings. The maximum atomic E-state index is 10.3. The number of aliphatic hydroxyl groups is 1. The third-order valence-corrected chi connectivity index (χ3v) is 4.98. The van der Waals surface area contributed by atoms with Crippen molar-refractivity contribution in [3.63, 3.8) is 0 Å². The Morgan fingerprint density at radius 2 is 2.28 bits per heavy atom. The van der Waals surface area contributed by atoms with Gasteiger partial charge in [0.05, 0.1) is 12.1 Å². The van der Waals surface area contributed by atoms with Crippen LogP contribution in [0.1, 0.15) is 32.6 Å². The lowest BCUT2D eigenvalue weighted by Crippen LogP contribution is -2.42. The summed E-state index contributed by atoms with van der Waals surface area (Å²) in [6.07, 6.45) is 4.92. The first-order valence-electron chi connectivity index (χ1n) is 7.04. The number of hydrogen-bond donors (Lipinski definition) is 3. The molecule has 1 unspecified atom stereocenters. The van der Waals surface area contributed by atoms with Crippen molar-refractivity contribution in [2.24, 2.45) is 10.9 Å². The van der Waals surface area contributed by atoms with Gasteiger partial charge >= 0.3 is 0 Å². The molecular weight excluding hydrogens is 246 g/mol. The lowest BCUT2D eigenvalue weighted by molar-refractivity contribution is 0.0778. The van der Waals surface area contributed by atoms with Crippen molar-refractivity contribution in [1.82, 2.24) is 10.6 Å². The first-order valence-corrected chi connectivity index (χ1v) is 8.20. The maximum Gasteiger partial charge on any atom is 0.191 e. The average molecular weight is 271 g/mol. The number of guanidine groups is 1. The normalized spacial score (nSPS) is 29.1. The molecule has 1 aliphatic carbocycles. The van der Waals surface area contributed by atoms with Crippen LogP contribution in [-0.4, -0.2) is 47.8 Å². The van der Waals surface area contributed by atoms with Crippen molar-refractivity contribution in [2.45, 2.75) is 38.2 Å². The minimum atomic E-state index is -0.580. The molecule has 1 heterocycles. The molecule has 2 aliphatic rings. The molecule has 5 heteroatoms. The van der Waals surface area contributed by atoms with Crippen molar-refractivity contribution < 1.29 is 5.11 Å². The van der Waals surface area contributed by atoms with Gasteiger partial charge in [-0.15, -0.1) is 0 Å². The third-order valence-electron chi connectivity index (χ3n) is 3.74. The minimum absolute atomic E-state index is 0.514. The Morgan fingerprint density at radius 3 is 2.83 bits per heavy atom. The second-order valence-electron chi connectivity index (χ2n) is 5.40. The quantitative estimate of drug-likeness (QED) is 0.520. The Hall–Kier alpha value is -0.420. The second-order valence-corrected chi connectivity index (χ2v) is 6.51. The van der Waals surface area contributed by atoms with Crippen LogP contribution in [0.25, 0.3) is 0 Å². The molecule has 104 valence electrons. The minimum Gasteiger partial charge on any atom is -0.387 e. The van der Waals surface area contributed by atoms with Gasteiger partial charge in [-0.3, -0.25) is 4.99 Å². The monoisotopic (exact) mass is 271 g/mol. The van der Waals surface area contributed by atoms with Crippen molar-refractivity contribution >= 4 is 17.7 Å². The fourth-order valence-electron chi connectivity index (χ4n) is 2.23. The molecule has 4 nitrogen and oxygen atoms in total. The van der Waals surface area contributed by atoms with Crippen molar-refractivity contribution in [3.05, 3.63) is 0 Å². The first kappa shape index (κ1) is 14.0. The van der Waals surface area contributed by atoms with Gasteiger partial charge in [0.2, 0.25) is 0 Å². The number of aliphatic imine (C=N–C) groups is 1. The summed E-state index contributed by atoms with van der Waals surface area (Å²) >= 11 is 1.82. The van der Waals surface area contributed by atoms with Gasteiger partial charge in [0, 0.05) is 18.8 Å². The van der Waals surface area contributed by atoms with Gasteiger partial charge in [0.15, 0.2) is 5.96 Å². The fourth-order valence-corrected chi connectivity index (χ4v) is 3.51. The summed E-state index contributed by atoms with van der Waals surface area (Å²) in [5, 5.41) is 16.9. The highest BCUT2D eigenvalue weighted by Crippen LogP contribution is 2.28. The summed E-state index contributed by atoms with van der Waals surface area (Å²) in [6.45, 7) is 4.46. The van der Waals surface area contributed by atoms with E-state index in [1.807, 2.05) is 11.8 Å². The molecular formula is C13H25N3OS. The smallest absolute Gasteiger partial charge is 0.191 e. The topological polar surface area (TPSA) is 56.7 Å². The van der Waals surface area contributed by atoms with E-state index in [9.17, 15) is 5.11 Å². The van der Waals surface area contributed by atoms with E-state index in [1.165, 1.54) is 19.3 Å². The predicted octanol–water partition coefficient (Wildman–Crippen LogP) is 1.21. The van der Waals surface area contributed by atoms with Crippen molar-refractivity contribution in [1.29, 1.82) is 0 Å². The van der Waals surface area contributed by atoms with Crippen molar-refractivity contribution in [2.75, 3.05) is 31.1 Å². The van der Waals surface area contributed by atoms with E-state index < -0.39 is 5.60 Å². The van der Waals surface area contributed by atoms with E-state index in [0.29, 0.717) is 6.54 Å². The highest BCUT2D eigenvalue weighted by molar-refractivity contribution is 7.99. The number of nitrogens with one attached hydrogen (secondary N) is 2. The van der Waals surface area contributed by atoms with E-state index in [2.05, 4.69) is 22.5 Å². The van der Waals surface area contributed by atoms with E-state index in [0.717, 1.165) is 42.9 Å². The largest absolute Gasteiger partial charge is 0.387 e. The molecule has 2 rings (SSSR count). The first-order chi connectivity index (χ1) is 8.72. The van der Waals surface area contributed by atoms with Crippen LogP contribution in [0, 0.1) is 5.92 Å². The van der Waals surface area contributed by atoms with Crippen LogP contribution >= 0.6 is 11.8 Å². The molecule has 0 radical (unpaired) electrons. The molecule has 0 spiro atoms. The summed E-state index contributed by atoms with van der Waals surface area (Å²) in [5.74, 6) is 3.55. The van der Waals surface area contributed by atoms with E-state index in [4.69, 9.17) is 0 Å². The zero-order chi connectivity index (χ0) is 12.8. The highest BCUT2D eigenvalue weighted by Gasteiger charge is 2.31. The van der Waals surface area contributed by atoms with E-state index in [1.54, 1.807) is 0 Å². The van der Waals surface area contributed by atoms with E-state index in [-0.39, 0.29) is 0 Å². The van der Waals surface area contributed by atoms with Crippen molar-refractivity contribution in [3.8, 4) is 0 Å². The van der Waals surface area contributed by atoms with Gasteiger partial charge in [-0.2, -0.15) is 11.8 Å². The highest BCUT2D eigenvalue weighted by atomic mass is 32.2. The molecule has 1 saturated carbocycles. The average Bonchev–Trinajstić information content (AvgIpc) is 2.71. The Morgan fingerprint density at radius 1 is 1.44 bits per heavy atom. The van der Waals surface area contributed by atoms with Gasteiger partial charge < -0.3 is 15.7 Å². The van der Waals surface area contributed by atoms with E-state index >= 15 is 0 Å². The number of rotatable bonds is 5. The standard InChI is InChI=1S/C13H25N3OS/c1-2-14-12(15-8-11-4-3-5-11)16-9-13(17)6-7-18-10-13/h11,17H,2-10H2,1H3,(H2,14,15,16). The zero-order valence-electron chi connectivity index (χ0n) is 11.2. The summed E-state index contributed by atoms with van der Waals surface area (Å²) < 4.78 is 0. The lowest BCUT2D eigenvalue weighted by Gasteiger charge is -2.26. The van der Waals surface area contributed by atoms with Gasteiger partial charge in [-0.05, 0) is 37.9 Å². The maximum absolute atomic E-state index is 10.3. The molecule has 2 fully saturated rings. The summed E-state index contributed by atoms with van der Waals surface area (Å²) in [4.78, 5) is 4.53. The van der Waals surface area contributed by atoms with Crippen LogP contribution in [-0.2, 0) is 0 Å². The molecule has 0 aromatic carbocycles. The molecule has 1 saturated heterocycles. The van der Waals surface area contributed by atoms with Crippen LogP contribution in [0.5, 0.6) is 0 Å². The van der Waals surface area contributed by atoms with Gasteiger partial charge in [-0.25, -0.2) is 0 Å². The Kier molecular flexibility index (Phi) is 5.18. The third kappa shape index (κ3) is 4.05. The number of hydrogen-bond acceptors (Lipinski definition) is 3. The molecule has 1 aliphatic heterocycles. The molecule has 3 N–H and O–H groups in total. The SMILES string of the molecule is CCNC(=NCC1(O)CCSC1)NCC1CCC1. The number of thioether (sulfide) groups is 1. The second kappa shape index (κ2) is 6.66. The Labute approximate surface area is 114 Å². The molecule has 1 atom stereocenters. The van der Waals surface area contributed by atoms with Crippen LogP contribution in [0.15, 0.2) is 4.99 Å². The number of nitrogens with zero attached hydrogens (tertiary/aromatic N) is 1. The van der Waals surface area contributed by atoms with Crippen LogP contribution < -0.4 is 10.6 Å². The Bertz CT molecular complexity index is 286. The zero-order valence-corrected chi connectivity index (χ0v) is 12.1. The van der Waals surface area contributed by atoms with Gasteiger partial charge in [0.25, 0.3) is 0 Å². The van der Waals surface area contributed by atoms with Crippen LogP contribution in [0.3, 0.4) is 0 Å². The van der Waals surface area contributed by atoms with Crippen LogP contribution in [0.2, 0.25) is 0 Å². The lowest BCUT2D eigenvalue weighted by atomic mass is 9.85. The Balaban J connectivity index is 1.78. The molecule has 0 bridgehead atoms. The summed E-state index contributed by atoms with van der Waals surface area (Å²) in [7, 11) is 0. The predicted molar refractivity (Wildman–Crippen MR) is 78.2 cm³/mol. The molecule has 0 amide bonds. The fraction of sp³-hybridized carbons (Fsp3) is 0.923. The molecule has 0 aromatic heterocycles. The summed E-state index contributed by atoms with van der Waals surface area (Å²) in [6, 6.07) is 0.